The van der Waals surface area contributed by atoms with Crippen molar-refractivity contribution in [3.8, 4) is 5.69 Å². The van der Waals surface area contributed by atoms with E-state index >= 15 is 0 Å². The van der Waals surface area contributed by atoms with E-state index in [9.17, 15) is 18.0 Å². The highest BCUT2D eigenvalue weighted by Gasteiger charge is 2.38. The minimum absolute atomic E-state index is 0.0396. The van der Waals surface area contributed by atoms with Gasteiger partial charge >= 0.3 is 6.18 Å². The van der Waals surface area contributed by atoms with Crippen molar-refractivity contribution in [3.63, 3.8) is 0 Å². The number of carbonyl (C=O) groups is 1. The third kappa shape index (κ3) is 4.35. The minimum atomic E-state index is -4.44. The average molecular weight is 500 g/mol. The summed E-state index contributed by atoms with van der Waals surface area (Å²) < 4.78 is 41.4. The number of amidine groups is 2. The van der Waals surface area contributed by atoms with Crippen molar-refractivity contribution < 1.29 is 18.0 Å². The molecule has 0 bridgehead atoms. The van der Waals surface area contributed by atoms with Crippen molar-refractivity contribution in [2.24, 2.45) is 16.0 Å². The Hall–Kier alpha value is -3.14. The lowest BCUT2D eigenvalue weighted by atomic mass is 9.90. The number of hydrogen-bond donors (Lipinski definition) is 1. The van der Waals surface area contributed by atoms with Gasteiger partial charge in [-0.15, -0.1) is 0 Å². The predicted molar refractivity (Wildman–Crippen MR) is 132 cm³/mol. The molecule has 182 valence electrons. The summed E-state index contributed by atoms with van der Waals surface area (Å²) in [6.07, 6.45) is 2.77. The Labute approximate surface area is 205 Å². The summed E-state index contributed by atoms with van der Waals surface area (Å²) in [5.74, 6) is -0.219. The average Bonchev–Trinajstić information content (AvgIpc) is 3.37. The van der Waals surface area contributed by atoms with Gasteiger partial charge in [0.25, 0.3) is 5.91 Å². The quantitative estimate of drug-likeness (QED) is 0.503. The maximum absolute atomic E-state index is 13.2. The van der Waals surface area contributed by atoms with Gasteiger partial charge in [0.05, 0.1) is 11.1 Å². The Morgan fingerprint density at radius 3 is 2.60 bits per heavy atom. The lowest BCUT2D eigenvalue weighted by Crippen LogP contribution is -2.35. The van der Waals surface area contributed by atoms with Gasteiger partial charge in [0.1, 0.15) is 5.04 Å². The minimum Gasteiger partial charge on any atom is -0.318 e. The van der Waals surface area contributed by atoms with E-state index in [-0.39, 0.29) is 11.4 Å². The SMILES string of the molecule is Cc1cc(/C=C2/C(=N)N3N=C(C4CCCCC4)SC3=NC2=O)c(C)n1-c1cccc(C(F)(F)F)c1. The molecule has 0 atom stereocenters. The lowest BCUT2D eigenvalue weighted by Gasteiger charge is -2.20. The number of nitrogens with one attached hydrogen (secondary N) is 1. The second-order valence-corrected chi connectivity index (χ2v) is 9.99. The van der Waals surface area contributed by atoms with Gasteiger partial charge in [-0.3, -0.25) is 10.2 Å². The Morgan fingerprint density at radius 1 is 1.14 bits per heavy atom. The first-order valence-electron chi connectivity index (χ1n) is 11.5. The fourth-order valence-electron chi connectivity index (χ4n) is 4.83. The number of carbonyl (C=O) groups excluding carboxylic acids is 1. The molecule has 6 nitrogen and oxygen atoms in total. The van der Waals surface area contributed by atoms with Gasteiger partial charge in [0.15, 0.2) is 5.84 Å². The maximum atomic E-state index is 13.2. The largest absolute Gasteiger partial charge is 0.416 e. The molecule has 3 heterocycles. The number of aryl methyl sites for hydroxylation is 1. The van der Waals surface area contributed by atoms with E-state index in [1.807, 2.05) is 0 Å². The molecular formula is C25H24F3N5OS. The molecule has 3 aliphatic rings. The first kappa shape index (κ1) is 23.6. The Bertz CT molecular complexity index is 1310. The number of nitrogens with zero attached hydrogens (tertiary/aromatic N) is 4. The molecule has 2 aliphatic heterocycles. The third-order valence-corrected chi connectivity index (χ3v) is 7.70. The van der Waals surface area contributed by atoms with Crippen LogP contribution in [0.5, 0.6) is 0 Å². The number of fused-ring (bicyclic) bond motifs is 1. The number of alkyl halides is 3. The molecule has 1 aromatic carbocycles. The van der Waals surface area contributed by atoms with E-state index in [0.717, 1.165) is 42.9 Å². The molecule has 2 aromatic rings. The van der Waals surface area contributed by atoms with Gasteiger partial charge in [-0.05, 0) is 74.4 Å². The van der Waals surface area contributed by atoms with Crippen LogP contribution in [0.2, 0.25) is 0 Å². The summed E-state index contributed by atoms with van der Waals surface area (Å²) in [7, 11) is 0. The van der Waals surface area contributed by atoms with Crippen LogP contribution in [-0.4, -0.2) is 31.5 Å². The smallest absolute Gasteiger partial charge is 0.318 e. The number of thioether (sulfide) groups is 1. The van der Waals surface area contributed by atoms with E-state index in [2.05, 4.69) is 10.1 Å². The van der Waals surface area contributed by atoms with Crippen LogP contribution in [0.1, 0.15) is 54.6 Å². The van der Waals surface area contributed by atoms with Gasteiger partial charge in [0, 0.05) is 23.0 Å². The van der Waals surface area contributed by atoms with Crippen molar-refractivity contribution in [1.82, 2.24) is 9.58 Å². The Morgan fingerprint density at radius 2 is 1.89 bits per heavy atom. The van der Waals surface area contributed by atoms with Crippen LogP contribution in [-0.2, 0) is 11.0 Å². The molecule has 1 amide bonds. The molecule has 0 spiro atoms. The standard InChI is InChI=1S/C25H24F3N5OS/c1-14-11-17(15(2)32(14)19-10-6-9-18(13-19)25(26,27)28)12-20-21(29)33-24(30-22(20)34)35-23(31-33)16-7-4-3-5-8-16/h6,9-13,16,29H,3-5,7-8H2,1-2H3/b20-12-,29-21?. The predicted octanol–water partition coefficient (Wildman–Crippen LogP) is 6.31. The van der Waals surface area contributed by atoms with Crippen molar-refractivity contribution in [2.75, 3.05) is 0 Å². The van der Waals surface area contributed by atoms with E-state index in [0.29, 0.717) is 33.7 Å². The molecule has 35 heavy (non-hydrogen) atoms. The summed E-state index contributed by atoms with van der Waals surface area (Å²) in [4.78, 5) is 17.0. The molecule has 1 saturated carbocycles. The van der Waals surface area contributed by atoms with E-state index in [1.54, 1.807) is 36.6 Å². The van der Waals surface area contributed by atoms with Crippen LogP contribution >= 0.6 is 11.8 Å². The number of benzene rings is 1. The zero-order chi connectivity index (χ0) is 24.9. The molecule has 0 radical (unpaired) electrons. The van der Waals surface area contributed by atoms with Crippen LogP contribution < -0.4 is 0 Å². The second kappa shape index (κ2) is 8.82. The zero-order valence-electron chi connectivity index (χ0n) is 19.3. The van der Waals surface area contributed by atoms with Crippen molar-refractivity contribution >= 4 is 39.8 Å². The highest BCUT2D eigenvalue weighted by molar-refractivity contribution is 8.27. The Kier molecular flexibility index (Phi) is 5.94. The number of amides is 1. The van der Waals surface area contributed by atoms with Gasteiger partial charge in [0.2, 0.25) is 5.17 Å². The van der Waals surface area contributed by atoms with E-state index in [1.165, 1.54) is 29.3 Å². The van der Waals surface area contributed by atoms with Gasteiger partial charge in [-0.25, -0.2) is 0 Å². The highest BCUT2D eigenvalue weighted by Crippen LogP contribution is 2.37. The van der Waals surface area contributed by atoms with Crippen LogP contribution in [0.15, 0.2) is 46.0 Å². The molecule has 0 saturated heterocycles. The second-order valence-electron chi connectivity index (χ2n) is 9.00. The number of hydrogen-bond acceptors (Lipinski definition) is 4. The molecule has 1 aromatic heterocycles. The normalized spacial score (nSPS) is 20.4. The lowest BCUT2D eigenvalue weighted by molar-refractivity contribution is -0.137. The number of rotatable bonds is 3. The molecule has 1 N–H and O–H groups in total. The number of aromatic nitrogens is 1. The third-order valence-electron chi connectivity index (χ3n) is 6.63. The summed E-state index contributed by atoms with van der Waals surface area (Å²) in [5.41, 5.74) is 1.75. The van der Waals surface area contributed by atoms with Crippen LogP contribution in [0.4, 0.5) is 13.2 Å². The van der Waals surface area contributed by atoms with Crippen molar-refractivity contribution in [1.29, 1.82) is 5.41 Å². The first-order chi connectivity index (χ1) is 16.6. The molecule has 1 aliphatic carbocycles. The molecule has 5 rings (SSSR count). The van der Waals surface area contributed by atoms with Crippen LogP contribution in [0.3, 0.4) is 0 Å². The van der Waals surface area contributed by atoms with Crippen LogP contribution in [0.25, 0.3) is 11.8 Å². The number of aliphatic imine (C=N–C) groups is 1. The fourth-order valence-corrected chi connectivity index (χ4v) is 5.89. The van der Waals surface area contributed by atoms with Crippen molar-refractivity contribution in [3.05, 3.63) is 58.4 Å². The monoisotopic (exact) mass is 499 g/mol. The molecule has 10 heteroatoms. The van der Waals surface area contributed by atoms with E-state index < -0.39 is 17.6 Å². The zero-order valence-corrected chi connectivity index (χ0v) is 20.1. The van der Waals surface area contributed by atoms with Gasteiger partial charge < -0.3 is 4.57 Å². The summed E-state index contributed by atoms with van der Waals surface area (Å²) in [6, 6.07) is 6.91. The summed E-state index contributed by atoms with van der Waals surface area (Å²) in [6.45, 7) is 3.56. The summed E-state index contributed by atoms with van der Waals surface area (Å²) in [5, 5.41) is 16.0. The molecular weight excluding hydrogens is 475 g/mol. The highest BCUT2D eigenvalue weighted by atomic mass is 32.2. The molecule has 1 fully saturated rings. The number of hydrazone groups is 1. The van der Waals surface area contributed by atoms with E-state index in [4.69, 9.17) is 5.41 Å². The topological polar surface area (TPSA) is 73.8 Å². The fraction of sp³-hybridized carbons (Fsp3) is 0.360. The van der Waals surface area contributed by atoms with Gasteiger partial charge in [-0.1, -0.05) is 25.3 Å². The molecule has 0 unspecified atom stereocenters. The number of halogens is 3. The van der Waals surface area contributed by atoms with Crippen molar-refractivity contribution in [2.45, 2.75) is 52.1 Å². The summed E-state index contributed by atoms with van der Waals surface area (Å²) >= 11 is 1.37. The maximum Gasteiger partial charge on any atom is 0.416 e. The van der Waals surface area contributed by atoms with Gasteiger partial charge in [-0.2, -0.15) is 28.3 Å². The van der Waals surface area contributed by atoms with Crippen LogP contribution in [0, 0.1) is 25.2 Å². The Balaban J connectivity index is 1.48. The first-order valence-corrected chi connectivity index (χ1v) is 12.3.